The number of carbonyl (C=O) groups is 2. The van der Waals surface area contributed by atoms with Crippen molar-refractivity contribution in [2.75, 3.05) is 19.7 Å². The third kappa shape index (κ3) is 4.73. The number of nitrogens with one attached hydrogen (secondary N) is 2. The van der Waals surface area contributed by atoms with Crippen LogP contribution in [-0.2, 0) is 14.3 Å². The van der Waals surface area contributed by atoms with Crippen molar-refractivity contribution in [3.63, 3.8) is 0 Å². The van der Waals surface area contributed by atoms with Gasteiger partial charge in [0.2, 0.25) is 5.91 Å². The van der Waals surface area contributed by atoms with Crippen molar-refractivity contribution in [2.24, 2.45) is 11.3 Å². The third-order valence-corrected chi connectivity index (χ3v) is 5.30. The first-order chi connectivity index (χ1) is 11.6. The van der Waals surface area contributed by atoms with E-state index in [4.69, 9.17) is 4.74 Å². The van der Waals surface area contributed by atoms with E-state index in [2.05, 4.69) is 10.6 Å². The maximum Gasteiger partial charge on any atom is 0.308 e. The Morgan fingerprint density at radius 1 is 1.28 bits per heavy atom. The van der Waals surface area contributed by atoms with Crippen molar-refractivity contribution in [3.8, 4) is 0 Å². The summed E-state index contributed by atoms with van der Waals surface area (Å²) >= 11 is 0. The number of benzene rings is 1. The smallest absolute Gasteiger partial charge is 0.308 e. The zero-order chi connectivity index (χ0) is 17.0. The molecule has 25 heavy (non-hydrogen) atoms. The summed E-state index contributed by atoms with van der Waals surface area (Å²) < 4.78 is 5.06. The van der Waals surface area contributed by atoms with Crippen LogP contribution in [0.1, 0.15) is 44.2 Å². The largest absolute Gasteiger partial charge is 0.466 e. The molecule has 3 rings (SSSR count). The predicted octanol–water partition coefficient (Wildman–Crippen LogP) is 2.61. The molecule has 1 aromatic carbocycles. The van der Waals surface area contributed by atoms with Gasteiger partial charge in [-0.15, -0.1) is 12.4 Å². The van der Waals surface area contributed by atoms with Gasteiger partial charge in [0.25, 0.3) is 0 Å². The van der Waals surface area contributed by atoms with Gasteiger partial charge in [-0.2, -0.15) is 0 Å². The highest BCUT2D eigenvalue weighted by molar-refractivity contribution is 5.85. The van der Waals surface area contributed by atoms with Crippen molar-refractivity contribution in [1.29, 1.82) is 0 Å². The number of hydrogen-bond acceptors (Lipinski definition) is 4. The Morgan fingerprint density at radius 2 is 1.96 bits per heavy atom. The van der Waals surface area contributed by atoms with Crippen LogP contribution < -0.4 is 10.6 Å². The number of piperidine rings is 1. The van der Waals surface area contributed by atoms with Gasteiger partial charge in [-0.05, 0) is 50.3 Å². The van der Waals surface area contributed by atoms with Crippen LogP contribution in [0.3, 0.4) is 0 Å². The molecule has 6 heteroatoms. The Balaban J connectivity index is 0.00000225. The number of hydrogen-bond donors (Lipinski definition) is 2. The second-order valence-corrected chi connectivity index (χ2v) is 6.85. The second kappa shape index (κ2) is 8.68. The molecule has 1 heterocycles. The van der Waals surface area contributed by atoms with Gasteiger partial charge >= 0.3 is 5.97 Å². The molecule has 1 aromatic rings. The van der Waals surface area contributed by atoms with E-state index in [0.717, 1.165) is 37.9 Å². The standard InChI is InChI=1S/C19H26N2O3.ClH/c1-2-24-17(22)12-16(14-6-4-3-5-7-14)21-18(23)15-13-19(15)8-10-20-11-9-19;/h3-7,15-16,20H,2,8-13H2,1H3,(H,21,23);1H. The first kappa shape index (κ1) is 19.7. The summed E-state index contributed by atoms with van der Waals surface area (Å²) in [6.07, 6.45) is 3.28. The van der Waals surface area contributed by atoms with Crippen molar-refractivity contribution >= 4 is 24.3 Å². The maximum atomic E-state index is 12.7. The molecule has 2 N–H and O–H groups in total. The summed E-state index contributed by atoms with van der Waals surface area (Å²) in [5.74, 6) is -0.109. The van der Waals surface area contributed by atoms with E-state index in [-0.39, 0.29) is 48.1 Å². The molecule has 2 atom stereocenters. The molecule has 1 saturated carbocycles. The number of esters is 1. The molecule has 138 valence electrons. The number of amides is 1. The molecule has 1 saturated heterocycles. The molecular formula is C19H27ClN2O3. The SMILES string of the molecule is CCOC(=O)CC(NC(=O)C1CC12CCNCC2)c1ccccc1.Cl. The number of halogens is 1. The minimum Gasteiger partial charge on any atom is -0.466 e. The topological polar surface area (TPSA) is 67.4 Å². The molecule has 2 unspecified atom stereocenters. The van der Waals surface area contributed by atoms with E-state index in [1.54, 1.807) is 6.92 Å². The molecule has 5 nitrogen and oxygen atoms in total. The zero-order valence-corrected chi connectivity index (χ0v) is 15.4. The van der Waals surface area contributed by atoms with Gasteiger partial charge in [0.05, 0.1) is 19.1 Å². The Hall–Kier alpha value is -1.59. The quantitative estimate of drug-likeness (QED) is 0.759. The fraction of sp³-hybridized carbons (Fsp3) is 0.579. The highest BCUT2D eigenvalue weighted by atomic mass is 35.5. The molecular weight excluding hydrogens is 340 g/mol. The van der Waals surface area contributed by atoms with Crippen LogP contribution in [0.15, 0.2) is 30.3 Å². The van der Waals surface area contributed by atoms with Crippen LogP contribution in [0.5, 0.6) is 0 Å². The van der Waals surface area contributed by atoms with Crippen molar-refractivity contribution < 1.29 is 14.3 Å². The average molecular weight is 367 g/mol. The molecule has 0 bridgehead atoms. The third-order valence-electron chi connectivity index (χ3n) is 5.30. The molecule has 1 aliphatic heterocycles. The van der Waals surface area contributed by atoms with Crippen LogP contribution in [0, 0.1) is 11.3 Å². The Bertz CT molecular complexity index is 588. The molecule has 1 amide bonds. The molecule has 2 fully saturated rings. The molecule has 0 radical (unpaired) electrons. The van der Waals surface area contributed by atoms with Crippen LogP contribution in [-0.4, -0.2) is 31.6 Å². The Labute approximate surface area is 155 Å². The molecule has 1 spiro atoms. The van der Waals surface area contributed by atoms with Gasteiger partial charge < -0.3 is 15.4 Å². The van der Waals surface area contributed by atoms with E-state index in [9.17, 15) is 9.59 Å². The summed E-state index contributed by atoms with van der Waals surface area (Å²) in [6, 6.07) is 9.33. The van der Waals surface area contributed by atoms with Gasteiger partial charge in [-0.25, -0.2) is 0 Å². The Morgan fingerprint density at radius 3 is 2.60 bits per heavy atom. The fourth-order valence-corrected chi connectivity index (χ4v) is 3.79. The van der Waals surface area contributed by atoms with Gasteiger partial charge in [0.15, 0.2) is 0 Å². The van der Waals surface area contributed by atoms with Crippen LogP contribution >= 0.6 is 12.4 Å². The summed E-state index contributed by atoms with van der Waals surface area (Å²) in [7, 11) is 0. The van der Waals surface area contributed by atoms with Crippen molar-refractivity contribution in [3.05, 3.63) is 35.9 Å². The van der Waals surface area contributed by atoms with E-state index < -0.39 is 0 Å². The number of ether oxygens (including phenoxy) is 1. The maximum absolute atomic E-state index is 12.7. The monoisotopic (exact) mass is 366 g/mol. The lowest BCUT2D eigenvalue weighted by molar-refractivity contribution is -0.143. The Kier molecular flexibility index (Phi) is 6.85. The minimum atomic E-state index is -0.322. The fourth-order valence-electron chi connectivity index (χ4n) is 3.79. The normalized spacial score (nSPS) is 21.7. The highest BCUT2D eigenvalue weighted by Gasteiger charge is 2.57. The van der Waals surface area contributed by atoms with Gasteiger partial charge in [0.1, 0.15) is 0 Å². The van der Waals surface area contributed by atoms with Gasteiger partial charge in [0, 0.05) is 5.92 Å². The average Bonchev–Trinajstić information content (AvgIpc) is 3.29. The van der Waals surface area contributed by atoms with Crippen molar-refractivity contribution in [2.45, 2.75) is 38.6 Å². The van der Waals surface area contributed by atoms with Crippen LogP contribution in [0.4, 0.5) is 0 Å². The minimum absolute atomic E-state index is 0. The van der Waals surface area contributed by atoms with E-state index in [0.29, 0.717) is 6.61 Å². The first-order valence-electron chi connectivity index (χ1n) is 8.86. The number of carbonyl (C=O) groups excluding carboxylic acids is 2. The van der Waals surface area contributed by atoms with Gasteiger partial charge in [-0.3, -0.25) is 9.59 Å². The van der Waals surface area contributed by atoms with E-state index in [1.165, 1.54) is 0 Å². The lowest BCUT2D eigenvalue weighted by Gasteiger charge is -2.24. The lowest BCUT2D eigenvalue weighted by atomic mass is 9.91. The predicted molar refractivity (Wildman–Crippen MR) is 98.5 cm³/mol. The zero-order valence-electron chi connectivity index (χ0n) is 14.6. The van der Waals surface area contributed by atoms with Crippen LogP contribution in [0.25, 0.3) is 0 Å². The summed E-state index contributed by atoms with van der Waals surface area (Å²) in [5, 5.41) is 6.45. The van der Waals surface area contributed by atoms with Crippen LogP contribution in [0.2, 0.25) is 0 Å². The molecule has 0 aromatic heterocycles. The van der Waals surface area contributed by atoms with Gasteiger partial charge in [-0.1, -0.05) is 30.3 Å². The summed E-state index contributed by atoms with van der Waals surface area (Å²) in [6.45, 7) is 4.13. The number of rotatable bonds is 6. The highest BCUT2D eigenvalue weighted by Crippen LogP contribution is 2.58. The summed E-state index contributed by atoms with van der Waals surface area (Å²) in [4.78, 5) is 24.6. The van der Waals surface area contributed by atoms with Crippen molar-refractivity contribution in [1.82, 2.24) is 10.6 Å². The van der Waals surface area contributed by atoms with E-state index >= 15 is 0 Å². The molecule has 1 aliphatic carbocycles. The molecule has 2 aliphatic rings. The lowest BCUT2D eigenvalue weighted by Crippen LogP contribution is -2.36. The van der Waals surface area contributed by atoms with E-state index in [1.807, 2.05) is 30.3 Å². The first-order valence-corrected chi connectivity index (χ1v) is 8.86. The summed E-state index contributed by atoms with van der Waals surface area (Å²) in [5.41, 5.74) is 1.14. The second-order valence-electron chi connectivity index (χ2n) is 6.85.